The largest absolute Gasteiger partial charge is 0.310 e. The lowest BCUT2D eigenvalue weighted by molar-refractivity contribution is 0.373. The van der Waals surface area contributed by atoms with Gasteiger partial charge in [-0.3, -0.25) is 0 Å². The lowest BCUT2D eigenvalue weighted by atomic mass is 9.89. The molecule has 0 aromatic heterocycles. The lowest BCUT2D eigenvalue weighted by Crippen LogP contribution is -2.27. The van der Waals surface area contributed by atoms with Gasteiger partial charge in [0, 0.05) is 6.04 Å². The van der Waals surface area contributed by atoms with E-state index in [2.05, 4.69) is 12.2 Å². The number of aryl methyl sites for hydroxylation is 1. The van der Waals surface area contributed by atoms with Crippen LogP contribution in [0.5, 0.6) is 0 Å². The van der Waals surface area contributed by atoms with Gasteiger partial charge in [-0.15, -0.1) is 0 Å². The Morgan fingerprint density at radius 1 is 1.35 bits per heavy atom. The molecule has 1 nitrogen and oxygen atoms in total. The molecule has 2 heteroatoms. The topological polar surface area (TPSA) is 12.0 Å². The highest BCUT2D eigenvalue weighted by Gasteiger charge is 2.26. The monoisotopic (exact) mass is 235 g/mol. The van der Waals surface area contributed by atoms with Crippen molar-refractivity contribution >= 4 is 0 Å². The molecule has 17 heavy (non-hydrogen) atoms. The molecular weight excluding hydrogens is 213 g/mol. The van der Waals surface area contributed by atoms with Crippen molar-refractivity contribution in [2.75, 3.05) is 6.54 Å². The van der Waals surface area contributed by atoms with Crippen molar-refractivity contribution < 1.29 is 4.39 Å². The summed E-state index contributed by atoms with van der Waals surface area (Å²) < 4.78 is 13.2. The predicted octanol–water partition coefficient (Wildman–Crippen LogP) is 3.97. The van der Waals surface area contributed by atoms with E-state index in [0.29, 0.717) is 6.04 Å². The summed E-state index contributed by atoms with van der Waals surface area (Å²) in [7, 11) is 0. The van der Waals surface area contributed by atoms with Gasteiger partial charge < -0.3 is 5.32 Å². The lowest BCUT2D eigenvalue weighted by Gasteiger charge is -2.26. The Morgan fingerprint density at radius 3 is 2.65 bits per heavy atom. The molecule has 1 fully saturated rings. The Morgan fingerprint density at radius 2 is 2.06 bits per heavy atom. The maximum absolute atomic E-state index is 13.2. The standard InChI is InChI=1S/C15H22FN/c1-3-17-15(12-6-4-5-7-12)14-9-8-13(16)10-11(14)2/h8-10,12,15,17H,3-7H2,1-2H3. The molecule has 94 valence electrons. The van der Waals surface area contributed by atoms with Crippen LogP contribution in [0.2, 0.25) is 0 Å². The molecule has 0 saturated heterocycles. The van der Waals surface area contributed by atoms with Crippen molar-refractivity contribution in [3.05, 3.63) is 35.1 Å². The zero-order valence-electron chi connectivity index (χ0n) is 10.8. The first-order chi connectivity index (χ1) is 8.22. The van der Waals surface area contributed by atoms with Crippen molar-refractivity contribution in [2.45, 2.75) is 45.6 Å². The second kappa shape index (κ2) is 5.63. The summed E-state index contributed by atoms with van der Waals surface area (Å²) in [6.45, 7) is 5.12. The highest BCUT2D eigenvalue weighted by Crippen LogP contribution is 2.36. The molecule has 1 aromatic carbocycles. The zero-order chi connectivity index (χ0) is 12.3. The minimum Gasteiger partial charge on any atom is -0.310 e. The molecule has 1 atom stereocenters. The van der Waals surface area contributed by atoms with Crippen LogP contribution in [-0.2, 0) is 0 Å². The van der Waals surface area contributed by atoms with Gasteiger partial charge in [0.25, 0.3) is 0 Å². The van der Waals surface area contributed by atoms with E-state index in [1.807, 2.05) is 13.0 Å². The summed E-state index contributed by atoms with van der Waals surface area (Å²) in [6.07, 6.45) is 5.28. The van der Waals surface area contributed by atoms with Gasteiger partial charge in [-0.05, 0) is 55.5 Å². The average molecular weight is 235 g/mol. The summed E-state index contributed by atoms with van der Waals surface area (Å²) >= 11 is 0. The van der Waals surface area contributed by atoms with Crippen LogP contribution in [0.25, 0.3) is 0 Å². The molecule has 0 bridgehead atoms. The second-order valence-electron chi connectivity index (χ2n) is 5.08. The van der Waals surface area contributed by atoms with E-state index < -0.39 is 0 Å². The van der Waals surface area contributed by atoms with Gasteiger partial charge in [0.1, 0.15) is 5.82 Å². The van der Waals surface area contributed by atoms with E-state index in [1.165, 1.54) is 31.2 Å². The van der Waals surface area contributed by atoms with Crippen LogP contribution in [0, 0.1) is 18.7 Å². The van der Waals surface area contributed by atoms with Gasteiger partial charge in [-0.25, -0.2) is 4.39 Å². The van der Waals surface area contributed by atoms with Crippen LogP contribution in [0.4, 0.5) is 4.39 Å². The summed E-state index contributed by atoms with van der Waals surface area (Å²) in [5, 5.41) is 3.58. The van der Waals surface area contributed by atoms with Gasteiger partial charge in [0.2, 0.25) is 0 Å². The molecule has 0 spiro atoms. The summed E-state index contributed by atoms with van der Waals surface area (Å²) in [6, 6.07) is 5.59. The highest BCUT2D eigenvalue weighted by molar-refractivity contribution is 5.30. The first-order valence-corrected chi connectivity index (χ1v) is 6.71. The smallest absolute Gasteiger partial charge is 0.123 e. The van der Waals surface area contributed by atoms with Crippen LogP contribution in [0.15, 0.2) is 18.2 Å². The third kappa shape index (κ3) is 2.86. The van der Waals surface area contributed by atoms with Gasteiger partial charge in [-0.2, -0.15) is 0 Å². The normalized spacial score (nSPS) is 18.5. The fourth-order valence-corrected chi connectivity index (χ4v) is 3.03. The minimum absolute atomic E-state index is 0.132. The molecule has 0 radical (unpaired) electrons. The van der Waals surface area contributed by atoms with Crippen LogP contribution in [-0.4, -0.2) is 6.54 Å². The number of rotatable bonds is 4. The van der Waals surface area contributed by atoms with Gasteiger partial charge in [0.15, 0.2) is 0 Å². The van der Waals surface area contributed by atoms with E-state index in [9.17, 15) is 4.39 Å². The second-order valence-corrected chi connectivity index (χ2v) is 5.08. The van der Waals surface area contributed by atoms with Crippen LogP contribution < -0.4 is 5.32 Å². The zero-order valence-corrected chi connectivity index (χ0v) is 10.8. The van der Waals surface area contributed by atoms with Crippen LogP contribution >= 0.6 is 0 Å². The van der Waals surface area contributed by atoms with Crippen molar-refractivity contribution in [3.63, 3.8) is 0 Å². The van der Waals surface area contributed by atoms with Crippen molar-refractivity contribution in [1.29, 1.82) is 0 Å². The number of halogens is 1. The maximum atomic E-state index is 13.2. The number of nitrogens with one attached hydrogen (secondary N) is 1. The van der Waals surface area contributed by atoms with Crippen molar-refractivity contribution in [2.24, 2.45) is 5.92 Å². The molecule has 1 N–H and O–H groups in total. The quantitative estimate of drug-likeness (QED) is 0.832. The maximum Gasteiger partial charge on any atom is 0.123 e. The Hall–Kier alpha value is -0.890. The Kier molecular flexibility index (Phi) is 4.16. The number of hydrogen-bond donors (Lipinski definition) is 1. The number of hydrogen-bond acceptors (Lipinski definition) is 1. The molecule has 2 rings (SSSR count). The van der Waals surface area contributed by atoms with E-state index in [-0.39, 0.29) is 5.82 Å². The Labute approximate surface area is 103 Å². The molecule has 1 saturated carbocycles. The first-order valence-electron chi connectivity index (χ1n) is 6.71. The Bertz CT molecular complexity index is 369. The van der Waals surface area contributed by atoms with E-state index in [4.69, 9.17) is 0 Å². The third-order valence-corrected chi connectivity index (χ3v) is 3.86. The molecule has 1 aliphatic rings. The number of benzene rings is 1. The average Bonchev–Trinajstić information content (AvgIpc) is 2.80. The molecule has 1 aliphatic carbocycles. The van der Waals surface area contributed by atoms with Gasteiger partial charge >= 0.3 is 0 Å². The third-order valence-electron chi connectivity index (χ3n) is 3.86. The van der Waals surface area contributed by atoms with Gasteiger partial charge in [0.05, 0.1) is 0 Å². The molecule has 0 aliphatic heterocycles. The summed E-state index contributed by atoms with van der Waals surface area (Å²) in [4.78, 5) is 0. The SMILES string of the molecule is CCNC(c1ccc(F)cc1C)C1CCCC1. The summed E-state index contributed by atoms with van der Waals surface area (Å²) in [5.41, 5.74) is 2.35. The predicted molar refractivity (Wildman–Crippen MR) is 69.5 cm³/mol. The van der Waals surface area contributed by atoms with Crippen molar-refractivity contribution in [3.8, 4) is 0 Å². The Balaban J connectivity index is 2.24. The van der Waals surface area contributed by atoms with E-state index in [1.54, 1.807) is 12.1 Å². The first kappa shape index (κ1) is 12.6. The molecule has 1 aromatic rings. The van der Waals surface area contributed by atoms with Crippen molar-refractivity contribution in [1.82, 2.24) is 5.32 Å². The van der Waals surface area contributed by atoms with Gasteiger partial charge in [-0.1, -0.05) is 25.8 Å². The van der Waals surface area contributed by atoms with E-state index in [0.717, 1.165) is 18.0 Å². The molecule has 0 amide bonds. The fourth-order valence-electron chi connectivity index (χ4n) is 3.03. The van der Waals surface area contributed by atoms with E-state index >= 15 is 0 Å². The fraction of sp³-hybridized carbons (Fsp3) is 0.600. The molecule has 1 unspecified atom stereocenters. The van der Waals surface area contributed by atoms with Crippen LogP contribution in [0.3, 0.4) is 0 Å². The summed E-state index contributed by atoms with van der Waals surface area (Å²) in [5.74, 6) is 0.590. The molecule has 0 heterocycles. The highest BCUT2D eigenvalue weighted by atomic mass is 19.1. The minimum atomic E-state index is -0.132. The molecular formula is C15H22FN. The van der Waals surface area contributed by atoms with Crippen LogP contribution in [0.1, 0.15) is 49.8 Å².